The van der Waals surface area contributed by atoms with Crippen LogP contribution >= 0.6 is 0 Å². The van der Waals surface area contributed by atoms with Gasteiger partial charge >= 0.3 is 0 Å². The molecule has 0 atom stereocenters. The third-order valence-corrected chi connectivity index (χ3v) is 14.2. The zero-order chi connectivity index (χ0) is 59.7. The van der Waals surface area contributed by atoms with Crippen LogP contribution < -0.4 is 31.9 Å². The number of anilines is 3. The van der Waals surface area contributed by atoms with Gasteiger partial charge in [-0.05, 0) is 139 Å². The number of hydrogen-bond donors (Lipinski definition) is 6. The number of amides is 6. The van der Waals surface area contributed by atoms with Crippen LogP contribution in [0, 0.1) is 76.4 Å². The van der Waals surface area contributed by atoms with Crippen molar-refractivity contribution >= 4 is 64.1 Å². The second kappa shape index (κ2) is 26.4. The Kier molecular flexibility index (Phi) is 20.0. The molecule has 3 aromatic heterocycles. The molecule has 0 aliphatic rings. The van der Waals surface area contributed by atoms with Crippen molar-refractivity contribution in [2.75, 3.05) is 55.2 Å². The SMILES string of the molecule is Cc1c(CC(=O)NCCCN(CCCNC(=O)C(=O)c2c(C)c(C(=O)Nc3ccc(F)c(F)c3)n(C)c2C)CCCNC(=O)C(=O)c2c(C)c(C(=O)Nc3ccc(F)c(F)c3)n(C)c2C)c(C)n(C)c1C(=O)Nc1ccc(F)c(F)c1. The first-order chi connectivity index (χ1) is 38.2. The van der Waals surface area contributed by atoms with Gasteiger partial charge in [0.25, 0.3) is 41.1 Å². The molecular weight excluding hydrogens is 1070 g/mol. The van der Waals surface area contributed by atoms with Crippen LogP contribution in [0.25, 0.3) is 0 Å². The molecule has 0 unspecified atom stereocenters. The number of nitrogens with one attached hydrogen (secondary N) is 6. The zero-order valence-electron chi connectivity index (χ0n) is 46.1. The van der Waals surface area contributed by atoms with Crippen LogP contribution in [0.15, 0.2) is 54.6 Å². The highest BCUT2D eigenvalue weighted by atomic mass is 19.2. The third-order valence-electron chi connectivity index (χ3n) is 14.2. The summed E-state index contributed by atoms with van der Waals surface area (Å²) in [5, 5.41) is 15.7. The van der Waals surface area contributed by atoms with Crippen molar-refractivity contribution in [1.29, 1.82) is 0 Å². The molecule has 18 nitrogen and oxygen atoms in total. The van der Waals surface area contributed by atoms with E-state index in [-0.39, 0.29) is 88.4 Å². The summed E-state index contributed by atoms with van der Waals surface area (Å²) >= 11 is 0. The third kappa shape index (κ3) is 14.2. The molecule has 430 valence electrons. The summed E-state index contributed by atoms with van der Waals surface area (Å²) in [6.07, 6.45) is 0.989. The molecule has 3 aromatic carbocycles. The topological polar surface area (TPSA) is 227 Å². The van der Waals surface area contributed by atoms with Crippen molar-refractivity contribution in [3.63, 3.8) is 0 Å². The van der Waals surface area contributed by atoms with Crippen molar-refractivity contribution in [1.82, 2.24) is 34.6 Å². The normalized spacial score (nSPS) is 11.2. The Hall–Kier alpha value is -8.80. The minimum atomic E-state index is -1.17. The van der Waals surface area contributed by atoms with Crippen molar-refractivity contribution in [2.24, 2.45) is 21.1 Å². The fourth-order valence-corrected chi connectivity index (χ4v) is 9.67. The van der Waals surface area contributed by atoms with Crippen LogP contribution in [0.1, 0.15) is 111 Å². The maximum absolute atomic E-state index is 13.9. The van der Waals surface area contributed by atoms with E-state index in [1.807, 2.05) is 4.90 Å². The largest absolute Gasteiger partial charge is 0.356 e. The molecule has 6 rings (SSSR count). The van der Waals surface area contributed by atoms with Gasteiger partial charge in [0.05, 0.1) is 17.5 Å². The molecule has 3 heterocycles. The maximum atomic E-state index is 13.9. The highest BCUT2D eigenvalue weighted by Crippen LogP contribution is 2.27. The second-order valence-electron chi connectivity index (χ2n) is 19.4. The van der Waals surface area contributed by atoms with E-state index in [2.05, 4.69) is 31.9 Å². The van der Waals surface area contributed by atoms with Gasteiger partial charge in [-0.25, -0.2) is 26.3 Å². The Labute approximate surface area is 462 Å². The Morgan fingerprint density at radius 1 is 0.432 bits per heavy atom. The average molecular weight is 1130 g/mol. The van der Waals surface area contributed by atoms with E-state index < -0.39 is 76.0 Å². The van der Waals surface area contributed by atoms with Crippen molar-refractivity contribution in [2.45, 2.75) is 67.2 Å². The number of ketones is 2. The number of hydrogen-bond acceptors (Lipinski definition) is 9. The van der Waals surface area contributed by atoms with Gasteiger partial charge in [0.15, 0.2) is 34.9 Å². The van der Waals surface area contributed by atoms with E-state index >= 15 is 0 Å². The minimum Gasteiger partial charge on any atom is -0.356 e. The van der Waals surface area contributed by atoms with Gasteiger partial charge < -0.3 is 50.5 Å². The molecule has 0 spiro atoms. The maximum Gasteiger partial charge on any atom is 0.292 e. The van der Waals surface area contributed by atoms with Gasteiger partial charge in [-0.2, -0.15) is 0 Å². The first-order valence-electron chi connectivity index (χ1n) is 25.6. The Balaban J connectivity index is 1.07. The molecule has 0 bridgehead atoms. The van der Waals surface area contributed by atoms with E-state index in [1.165, 1.54) is 55.3 Å². The van der Waals surface area contributed by atoms with Crippen LogP contribution in [0.2, 0.25) is 0 Å². The van der Waals surface area contributed by atoms with Gasteiger partial charge in [0, 0.05) is 93.1 Å². The van der Waals surface area contributed by atoms with Crippen LogP contribution in [0.3, 0.4) is 0 Å². The summed E-state index contributed by atoms with van der Waals surface area (Å²) in [7, 11) is 4.68. The molecule has 0 aliphatic heterocycles. The summed E-state index contributed by atoms with van der Waals surface area (Å²) in [5.74, 6) is -12.8. The van der Waals surface area contributed by atoms with Crippen LogP contribution in [-0.2, 0) is 41.9 Å². The first kappa shape index (κ1) is 61.4. The molecular formula is C57H62F6N10O8. The molecule has 0 fully saturated rings. The molecule has 0 saturated carbocycles. The molecule has 24 heteroatoms. The number of Topliss-reactive ketones (excluding diaryl/α,β-unsaturated/α-hetero) is 2. The molecule has 6 aromatic rings. The van der Waals surface area contributed by atoms with E-state index in [4.69, 9.17) is 0 Å². The average Bonchev–Trinajstić information content (AvgIpc) is 4.01. The number of aromatic nitrogens is 3. The van der Waals surface area contributed by atoms with Crippen molar-refractivity contribution in [3.05, 3.63) is 157 Å². The van der Waals surface area contributed by atoms with Gasteiger partial charge in [0.1, 0.15) is 17.1 Å². The predicted molar refractivity (Wildman–Crippen MR) is 289 cm³/mol. The molecule has 81 heavy (non-hydrogen) atoms. The molecule has 0 radical (unpaired) electrons. The van der Waals surface area contributed by atoms with Gasteiger partial charge in [-0.15, -0.1) is 0 Å². The van der Waals surface area contributed by atoms with E-state index in [1.54, 1.807) is 39.3 Å². The first-order valence-corrected chi connectivity index (χ1v) is 25.6. The number of carbonyl (C=O) groups excluding carboxylic acids is 8. The van der Waals surface area contributed by atoms with Crippen LogP contribution in [-0.4, -0.2) is 105 Å². The van der Waals surface area contributed by atoms with E-state index in [0.29, 0.717) is 67.1 Å². The lowest BCUT2D eigenvalue weighted by molar-refractivity contribution is -0.120. The molecule has 0 aliphatic carbocycles. The Morgan fingerprint density at radius 3 is 1.10 bits per heavy atom. The Bertz CT molecular complexity index is 3340. The van der Waals surface area contributed by atoms with Crippen LogP contribution in [0.4, 0.5) is 43.4 Å². The van der Waals surface area contributed by atoms with Crippen LogP contribution in [0.5, 0.6) is 0 Å². The van der Waals surface area contributed by atoms with Gasteiger partial charge in [-0.1, -0.05) is 0 Å². The fourth-order valence-electron chi connectivity index (χ4n) is 9.67. The number of halogens is 6. The summed E-state index contributed by atoms with van der Waals surface area (Å²) in [4.78, 5) is 109. The summed E-state index contributed by atoms with van der Waals surface area (Å²) in [6, 6.07) is 8.63. The number of carbonyl (C=O) groups is 8. The van der Waals surface area contributed by atoms with E-state index in [0.717, 1.165) is 36.4 Å². The smallest absolute Gasteiger partial charge is 0.292 e. The van der Waals surface area contributed by atoms with Crippen molar-refractivity contribution in [3.8, 4) is 0 Å². The number of nitrogens with zero attached hydrogens (tertiary/aromatic N) is 4. The number of benzene rings is 3. The highest BCUT2D eigenvalue weighted by molar-refractivity contribution is 6.44. The zero-order valence-corrected chi connectivity index (χ0v) is 46.1. The summed E-state index contributed by atoms with van der Waals surface area (Å²) in [5.41, 5.74) is 2.98. The molecule has 6 N–H and O–H groups in total. The number of rotatable bonds is 24. The second-order valence-corrected chi connectivity index (χ2v) is 19.4. The monoisotopic (exact) mass is 1130 g/mol. The van der Waals surface area contributed by atoms with Gasteiger partial charge in [0.2, 0.25) is 5.91 Å². The quantitative estimate of drug-likeness (QED) is 0.0155. The predicted octanol–water partition coefficient (Wildman–Crippen LogP) is 7.27. The van der Waals surface area contributed by atoms with Crippen molar-refractivity contribution < 1.29 is 64.7 Å². The van der Waals surface area contributed by atoms with E-state index in [9.17, 15) is 64.7 Å². The lowest BCUT2D eigenvalue weighted by Crippen LogP contribution is -2.37. The fraction of sp³-hybridized carbons (Fsp3) is 0.333. The summed E-state index contributed by atoms with van der Waals surface area (Å²) < 4.78 is 86.5. The molecule has 6 amide bonds. The minimum absolute atomic E-state index is 0.0129. The van der Waals surface area contributed by atoms with Gasteiger partial charge in [-0.3, -0.25) is 38.4 Å². The highest BCUT2D eigenvalue weighted by Gasteiger charge is 2.31. The summed E-state index contributed by atoms with van der Waals surface area (Å²) in [6.45, 7) is 10.9. The lowest BCUT2D eigenvalue weighted by atomic mass is 10.0. The molecule has 0 saturated heterocycles. The Morgan fingerprint density at radius 2 is 0.753 bits per heavy atom. The lowest BCUT2D eigenvalue weighted by Gasteiger charge is -2.22. The standard InChI is InChI=1S/C57H62F6N10O8/c1-29-38(32(4)70(7)48(29)53(77)67-35-13-16-39(58)42(61)25-35)28-45(74)64-19-10-22-73(23-11-20-65-56(80)51(75)46-30(2)49(71(8)33(46)5)54(78)68-36-14-17-40(59)43(62)26-36)24-12-21-66-57(81)52(76)47-31(3)50(72(9)34(47)6)55(79)69-37-15-18-41(60)44(63)27-37/h13-18,25-27H,10-12,19-24,28H2,1-9H3,(H,64,74)(H,65,80)(H,66,81)(H,67,77)(H,68,78)(H,69,79).